The summed E-state index contributed by atoms with van der Waals surface area (Å²) in [5.41, 5.74) is 6.50. The van der Waals surface area contributed by atoms with E-state index in [2.05, 4.69) is 10.6 Å². The lowest BCUT2D eigenvalue weighted by Gasteiger charge is -2.36. The van der Waals surface area contributed by atoms with Gasteiger partial charge >= 0.3 is 0 Å². The quantitative estimate of drug-likeness (QED) is 0.687. The van der Waals surface area contributed by atoms with Gasteiger partial charge in [-0.2, -0.15) is 0 Å². The average Bonchev–Trinajstić information content (AvgIpc) is 2.55. The Kier molecular flexibility index (Phi) is 8.05. The van der Waals surface area contributed by atoms with Crippen LogP contribution in [-0.4, -0.2) is 23.9 Å². The van der Waals surface area contributed by atoms with Gasteiger partial charge in [-0.1, -0.05) is 38.3 Å². The highest BCUT2D eigenvalue weighted by Gasteiger charge is 2.40. The first-order valence-electron chi connectivity index (χ1n) is 8.49. The van der Waals surface area contributed by atoms with Crippen molar-refractivity contribution in [3.63, 3.8) is 0 Å². The highest BCUT2D eigenvalue weighted by atomic mass is 35.5. The third-order valence-electron chi connectivity index (χ3n) is 4.40. The molecule has 0 atom stereocenters. The van der Waals surface area contributed by atoms with Crippen LogP contribution in [-0.2, 0) is 16.0 Å². The zero-order valence-electron chi connectivity index (χ0n) is 14.3. The first-order valence-corrected chi connectivity index (χ1v) is 8.49. The Labute approximate surface area is 150 Å². The maximum atomic E-state index is 12.6. The summed E-state index contributed by atoms with van der Waals surface area (Å²) in [6.45, 7) is 2.67. The molecule has 1 fully saturated rings. The van der Waals surface area contributed by atoms with Gasteiger partial charge in [-0.25, -0.2) is 0 Å². The van der Waals surface area contributed by atoms with Crippen LogP contribution >= 0.6 is 12.4 Å². The summed E-state index contributed by atoms with van der Waals surface area (Å²) in [7, 11) is 0. The molecule has 0 saturated heterocycles. The van der Waals surface area contributed by atoms with E-state index in [1.165, 1.54) is 0 Å². The largest absolute Gasteiger partial charge is 0.399 e. The van der Waals surface area contributed by atoms with E-state index in [-0.39, 0.29) is 30.6 Å². The Hall–Kier alpha value is -1.75. The average molecular weight is 354 g/mol. The Bertz CT molecular complexity index is 540. The molecule has 0 bridgehead atoms. The molecule has 1 aliphatic rings. The Balaban J connectivity index is 0.00000288. The molecular weight excluding hydrogens is 326 g/mol. The number of nitrogens with two attached hydrogens (primary N) is 1. The zero-order chi connectivity index (χ0) is 16.7. The third kappa shape index (κ3) is 5.41. The van der Waals surface area contributed by atoms with Crippen LogP contribution in [0.4, 0.5) is 5.69 Å². The molecule has 1 aromatic carbocycles. The van der Waals surface area contributed by atoms with Crippen molar-refractivity contribution >= 4 is 29.9 Å². The van der Waals surface area contributed by atoms with Crippen molar-refractivity contribution < 1.29 is 9.59 Å². The van der Waals surface area contributed by atoms with Crippen LogP contribution in [0.5, 0.6) is 0 Å². The van der Waals surface area contributed by atoms with E-state index < -0.39 is 5.54 Å². The maximum Gasteiger partial charge on any atom is 0.245 e. The standard InChI is InChI=1S/C18H27N3O2.ClH/c1-2-12-20-17(23)18(10-4-3-5-11-18)21-16(22)13-14-6-8-15(19)9-7-14;/h6-9H,2-5,10-13,19H2,1H3,(H,20,23)(H,21,22);1H. The van der Waals surface area contributed by atoms with Gasteiger partial charge < -0.3 is 16.4 Å². The van der Waals surface area contributed by atoms with E-state index in [0.717, 1.165) is 44.1 Å². The molecule has 0 unspecified atom stereocenters. The van der Waals surface area contributed by atoms with Crippen LogP contribution in [0, 0.1) is 0 Å². The molecule has 0 spiro atoms. The van der Waals surface area contributed by atoms with E-state index in [4.69, 9.17) is 5.73 Å². The molecular formula is C18H28ClN3O2. The van der Waals surface area contributed by atoms with Crippen molar-refractivity contribution in [2.45, 2.75) is 57.4 Å². The molecule has 0 radical (unpaired) electrons. The zero-order valence-corrected chi connectivity index (χ0v) is 15.1. The van der Waals surface area contributed by atoms with Crippen molar-refractivity contribution in [2.24, 2.45) is 0 Å². The molecule has 1 saturated carbocycles. The molecule has 0 heterocycles. The van der Waals surface area contributed by atoms with E-state index in [0.29, 0.717) is 12.2 Å². The van der Waals surface area contributed by atoms with Crippen molar-refractivity contribution in [1.82, 2.24) is 10.6 Å². The topological polar surface area (TPSA) is 84.2 Å². The van der Waals surface area contributed by atoms with Crippen LogP contribution < -0.4 is 16.4 Å². The summed E-state index contributed by atoms with van der Waals surface area (Å²) in [6, 6.07) is 7.26. The number of carbonyl (C=O) groups excluding carboxylic acids is 2. The minimum atomic E-state index is -0.738. The number of amides is 2. The maximum absolute atomic E-state index is 12.6. The Morgan fingerprint density at radius 2 is 1.75 bits per heavy atom. The monoisotopic (exact) mass is 353 g/mol. The number of hydrogen-bond donors (Lipinski definition) is 3. The normalized spacial score (nSPS) is 15.9. The van der Waals surface area contributed by atoms with Crippen molar-refractivity contribution in [3.8, 4) is 0 Å². The lowest BCUT2D eigenvalue weighted by molar-refractivity contribution is -0.134. The van der Waals surface area contributed by atoms with Gasteiger partial charge in [-0.05, 0) is 37.0 Å². The molecule has 134 valence electrons. The van der Waals surface area contributed by atoms with Crippen LogP contribution in [0.1, 0.15) is 51.0 Å². The van der Waals surface area contributed by atoms with Crippen LogP contribution in [0.2, 0.25) is 0 Å². The highest BCUT2D eigenvalue weighted by molar-refractivity contribution is 5.92. The van der Waals surface area contributed by atoms with Gasteiger partial charge in [0.2, 0.25) is 11.8 Å². The van der Waals surface area contributed by atoms with Gasteiger partial charge in [0.25, 0.3) is 0 Å². The fourth-order valence-corrected chi connectivity index (χ4v) is 3.10. The Morgan fingerprint density at radius 1 is 1.12 bits per heavy atom. The molecule has 1 aliphatic carbocycles. The van der Waals surface area contributed by atoms with Gasteiger partial charge in [0, 0.05) is 12.2 Å². The number of halogens is 1. The van der Waals surface area contributed by atoms with Crippen LogP contribution in [0.3, 0.4) is 0 Å². The molecule has 1 aromatic rings. The van der Waals surface area contributed by atoms with Gasteiger partial charge in [0.05, 0.1) is 6.42 Å². The van der Waals surface area contributed by atoms with Crippen molar-refractivity contribution in [2.75, 3.05) is 12.3 Å². The smallest absolute Gasteiger partial charge is 0.245 e. The minimum Gasteiger partial charge on any atom is -0.399 e. The van der Waals surface area contributed by atoms with E-state index in [1.54, 1.807) is 12.1 Å². The molecule has 2 amide bonds. The van der Waals surface area contributed by atoms with E-state index in [1.807, 2.05) is 19.1 Å². The molecule has 5 nitrogen and oxygen atoms in total. The summed E-state index contributed by atoms with van der Waals surface area (Å²) in [6.07, 6.45) is 5.66. The predicted molar refractivity (Wildman–Crippen MR) is 99.1 cm³/mol. The SMILES string of the molecule is CCCNC(=O)C1(NC(=O)Cc2ccc(N)cc2)CCCCC1.Cl. The lowest BCUT2D eigenvalue weighted by Crippen LogP contribution is -2.60. The number of rotatable bonds is 6. The van der Waals surface area contributed by atoms with Gasteiger partial charge in [-0.15, -0.1) is 12.4 Å². The number of hydrogen-bond acceptors (Lipinski definition) is 3. The number of benzene rings is 1. The molecule has 0 aliphatic heterocycles. The number of carbonyl (C=O) groups is 2. The number of nitrogens with one attached hydrogen (secondary N) is 2. The van der Waals surface area contributed by atoms with E-state index >= 15 is 0 Å². The van der Waals surface area contributed by atoms with Gasteiger partial charge in [0.1, 0.15) is 5.54 Å². The molecule has 6 heteroatoms. The molecule has 4 N–H and O–H groups in total. The summed E-state index contributed by atoms with van der Waals surface area (Å²) in [5.74, 6) is -0.145. The summed E-state index contributed by atoms with van der Waals surface area (Å²) in [4.78, 5) is 25.0. The fourth-order valence-electron chi connectivity index (χ4n) is 3.10. The van der Waals surface area contributed by atoms with Gasteiger partial charge in [0.15, 0.2) is 0 Å². The van der Waals surface area contributed by atoms with Crippen LogP contribution in [0.15, 0.2) is 24.3 Å². The second kappa shape index (κ2) is 9.52. The summed E-state index contributed by atoms with van der Waals surface area (Å²) < 4.78 is 0. The predicted octanol–water partition coefficient (Wildman–Crippen LogP) is 2.58. The summed E-state index contributed by atoms with van der Waals surface area (Å²) in [5, 5.41) is 5.97. The number of anilines is 1. The molecule has 24 heavy (non-hydrogen) atoms. The number of nitrogen functional groups attached to an aromatic ring is 1. The van der Waals surface area contributed by atoms with E-state index in [9.17, 15) is 9.59 Å². The van der Waals surface area contributed by atoms with Crippen molar-refractivity contribution in [1.29, 1.82) is 0 Å². The third-order valence-corrected chi connectivity index (χ3v) is 4.40. The summed E-state index contributed by atoms with van der Waals surface area (Å²) >= 11 is 0. The second-order valence-corrected chi connectivity index (χ2v) is 6.37. The first kappa shape index (κ1) is 20.3. The molecule has 0 aromatic heterocycles. The van der Waals surface area contributed by atoms with Gasteiger partial charge in [-0.3, -0.25) is 9.59 Å². The first-order chi connectivity index (χ1) is 11.1. The molecule has 2 rings (SSSR count). The van der Waals surface area contributed by atoms with Crippen molar-refractivity contribution in [3.05, 3.63) is 29.8 Å². The highest BCUT2D eigenvalue weighted by Crippen LogP contribution is 2.28. The van der Waals surface area contributed by atoms with Crippen LogP contribution in [0.25, 0.3) is 0 Å². The fraction of sp³-hybridized carbons (Fsp3) is 0.556. The Morgan fingerprint density at radius 3 is 2.33 bits per heavy atom. The second-order valence-electron chi connectivity index (χ2n) is 6.37. The lowest BCUT2D eigenvalue weighted by atomic mass is 9.80. The minimum absolute atomic E-state index is 0.